The lowest BCUT2D eigenvalue weighted by atomic mass is 9.86. The summed E-state index contributed by atoms with van der Waals surface area (Å²) < 4.78 is 5.80. The standard InChI is InChI=1S/C16H18O2/c1-2-11-5-3-4-6-15(11)16(17)12-9-13-7-8-14(10-12)18-13/h2-6,12-14H,1,7-10H2. The van der Waals surface area contributed by atoms with Gasteiger partial charge in [-0.05, 0) is 31.2 Å². The van der Waals surface area contributed by atoms with Crippen LogP contribution in [-0.2, 0) is 4.74 Å². The van der Waals surface area contributed by atoms with Crippen LogP contribution >= 0.6 is 0 Å². The smallest absolute Gasteiger partial charge is 0.166 e. The van der Waals surface area contributed by atoms with Gasteiger partial charge in [0, 0.05) is 11.5 Å². The van der Waals surface area contributed by atoms with Crippen molar-refractivity contribution >= 4 is 11.9 Å². The maximum Gasteiger partial charge on any atom is 0.166 e. The normalized spacial score (nSPS) is 30.1. The number of carbonyl (C=O) groups excluding carboxylic acids is 1. The number of Topliss-reactive ketones (excluding diaryl/α,β-unsaturated/α-hetero) is 1. The van der Waals surface area contributed by atoms with Gasteiger partial charge in [0.05, 0.1) is 12.2 Å². The zero-order valence-electron chi connectivity index (χ0n) is 10.5. The van der Waals surface area contributed by atoms with Crippen LogP contribution in [0.15, 0.2) is 30.8 Å². The van der Waals surface area contributed by atoms with Crippen molar-refractivity contribution in [1.82, 2.24) is 0 Å². The molecule has 0 saturated carbocycles. The summed E-state index contributed by atoms with van der Waals surface area (Å²) in [6.07, 6.45) is 6.42. The van der Waals surface area contributed by atoms with Gasteiger partial charge in [-0.3, -0.25) is 4.79 Å². The largest absolute Gasteiger partial charge is 0.375 e. The van der Waals surface area contributed by atoms with E-state index in [9.17, 15) is 4.79 Å². The van der Waals surface area contributed by atoms with Crippen molar-refractivity contribution in [2.75, 3.05) is 0 Å². The van der Waals surface area contributed by atoms with E-state index in [-0.39, 0.29) is 11.7 Å². The fourth-order valence-corrected chi connectivity index (χ4v) is 3.19. The lowest BCUT2D eigenvalue weighted by Crippen LogP contribution is -2.30. The van der Waals surface area contributed by atoms with E-state index in [0.29, 0.717) is 12.2 Å². The summed E-state index contributed by atoms with van der Waals surface area (Å²) in [5.74, 6) is 0.406. The van der Waals surface area contributed by atoms with Gasteiger partial charge in [0.25, 0.3) is 0 Å². The van der Waals surface area contributed by atoms with E-state index in [1.165, 1.54) is 0 Å². The molecule has 0 aromatic heterocycles. The van der Waals surface area contributed by atoms with Gasteiger partial charge in [0.2, 0.25) is 0 Å². The molecular formula is C16H18O2. The van der Waals surface area contributed by atoms with Crippen LogP contribution in [0.1, 0.15) is 41.6 Å². The highest BCUT2D eigenvalue weighted by Crippen LogP contribution is 2.37. The zero-order chi connectivity index (χ0) is 12.5. The lowest BCUT2D eigenvalue weighted by molar-refractivity contribution is -0.0149. The van der Waals surface area contributed by atoms with E-state index < -0.39 is 0 Å². The molecule has 2 unspecified atom stereocenters. The van der Waals surface area contributed by atoms with Crippen LogP contribution in [0, 0.1) is 5.92 Å². The van der Waals surface area contributed by atoms with E-state index in [2.05, 4.69) is 6.58 Å². The Labute approximate surface area is 108 Å². The Balaban J connectivity index is 1.84. The molecule has 2 heterocycles. The zero-order valence-corrected chi connectivity index (χ0v) is 10.5. The van der Waals surface area contributed by atoms with Crippen molar-refractivity contribution in [2.24, 2.45) is 5.92 Å². The quantitative estimate of drug-likeness (QED) is 0.759. The minimum absolute atomic E-state index is 0.136. The molecule has 1 aromatic rings. The molecule has 2 bridgehead atoms. The Bertz CT molecular complexity index is 466. The molecule has 2 heteroatoms. The van der Waals surface area contributed by atoms with Crippen molar-refractivity contribution < 1.29 is 9.53 Å². The summed E-state index contributed by atoms with van der Waals surface area (Å²) >= 11 is 0. The monoisotopic (exact) mass is 242 g/mol. The van der Waals surface area contributed by atoms with Crippen molar-refractivity contribution in [1.29, 1.82) is 0 Å². The van der Waals surface area contributed by atoms with Crippen molar-refractivity contribution in [3.05, 3.63) is 42.0 Å². The molecule has 0 spiro atoms. The fraction of sp³-hybridized carbons (Fsp3) is 0.438. The number of rotatable bonds is 3. The second-order valence-electron chi connectivity index (χ2n) is 5.28. The first-order valence-electron chi connectivity index (χ1n) is 6.69. The molecule has 2 saturated heterocycles. The van der Waals surface area contributed by atoms with Crippen LogP contribution in [0.4, 0.5) is 0 Å². The van der Waals surface area contributed by atoms with Crippen LogP contribution in [0.2, 0.25) is 0 Å². The van der Waals surface area contributed by atoms with E-state index in [4.69, 9.17) is 4.74 Å². The molecule has 2 aliphatic rings. The van der Waals surface area contributed by atoms with E-state index in [1.54, 1.807) is 6.08 Å². The minimum atomic E-state index is 0.136. The molecule has 2 nitrogen and oxygen atoms in total. The number of benzene rings is 1. The first-order valence-corrected chi connectivity index (χ1v) is 6.69. The molecule has 0 radical (unpaired) electrons. The average molecular weight is 242 g/mol. The molecular weight excluding hydrogens is 224 g/mol. The molecule has 18 heavy (non-hydrogen) atoms. The number of carbonyl (C=O) groups is 1. The van der Waals surface area contributed by atoms with E-state index in [0.717, 1.165) is 36.8 Å². The molecule has 2 fully saturated rings. The maximum atomic E-state index is 12.6. The highest BCUT2D eigenvalue weighted by atomic mass is 16.5. The van der Waals surface area contributed by atoms with E-state index >= 15 is 0 Å². The van der Waals surface area contributed by atoms with Crippen LogP contribution in [0.3, 0.4) is 0 Å². The summed E-state index contributed by atoms with van der Waals surface area (Å²) in [5, 5.41) is 0. The lowest BCUT2D eigenvalue weighted by Gasteiger charge is -2.27. The molecule has 0 N–H and O–H groups in total. The van der Waals surface area contributed by atoms with Crippen LogP contribution in [-0.4, -0.2) is 18.0 Å². The molecule has 94 valence electrons. The third-order valence-corrected chi connectivity index (χ3v) is 4.11. The molecule has 2 aliphatic heterocycles. The number of hydrogen-bond acceptors (Lipinski definition) is 2. The van der Waals surface area contributed by atoms with Gasteiger partial charge in [-0.25, -0.2) is 0 Å². The molecule has 2 atom stereocenters. The first kappa shape index (κ1) is 11.7. The van der Waals surface area contributed by atoms with E-state index in [1.807, 2.05) is 24.3 Å². The minimum Gasteiger partial charge on any atom is -0.375 e. The third kappa shape index (κ3) is 2.01. The molecule has 1 aromatic carbocycles. The number of fused-ring (bicyclic) bond motifs is 2. The van der Waals surface area contributed by atoms with Crippen molar-refractivity contribution in [3.63, 3.8) is 0 Å². The highest BCUT2D eigenvalue weighted by molar-refractivity contribution is 6.01. The average Bonchev–Trinajstić information content (AvgIpc) is 2.76. The van der Waals surface area contributed by atoms with Gasteiger partial charge in [-0.1, -0.05) is 36.9 Å². The topological polar surface area (TPSA) is 26.3 Å². The number of ketones is 1. The van der Waals surface area contributed by atoms with Crippen LogP contribution in [0.25, 0.3) is 6.08 Å². The highest BCUT2D eigenvalue weighted by Gasteiger charge is 2.38. The van der Waals surface area contributed by atoms with Gasteiger partial charge < -0.3 is 4.74 Å². The SMILES string of the molecule is C=Cc1ccccc1C(=O)C1CC2CCC(C1)O2. The number of hydrogen-bond donors (Lipinski definition) is 0. The predicted octanol–water partition coefficient (Wildman–Crippen LogP) is 3.47. The predicted molar refractivity (Wildman–Crippen MR) is 71.5 cm³/mol. The summed E-state index contributed by atoms with van der Waals surface area (Å²) in [6.45, 7) is 3.78. The Morgan fingerprint density at radius 1 is 1.22 bits per heavy atom. The Morgan fingerprint density at radius 2 is 1.89 bits per heavy atom. The van der Waals surface area contributed by atoms with Crippen LogP contribution in [0.5, 0.6) is 0 Å². The maximum absolute atomic E-state index is 12.6. The fourth-order valence-electron chi connectivity index (χ4n) is 3.19. The summed E-state index contributed by atoms with van der Waals surface area (Å²) in [7, 11) is 0. The second kappa shape index (κ2) is 4.69. The first-order chi connectivity index (χ1) is 8.78. The Kier molecular flexibility index (Phi) is 3.04. The summed E-state index contributed by atoms with van der Waals surface area (Å²) in [5.41, 5.74) is 1.76. The van der Waals surface area contributed by atoms with Gasteiger partial charge in [0.15, 0.2) is 5.78 Å². The van der Waals surface area contributed by atoms with Crippen molar-refractivity contribution in [3.8, 4) is 0 Å². The Morgan fingerprint density at radius 3 is 2.56 bits per heavy atom. The Hall–Kier alpha value is -1.41. The molecule has 0 aliphatic carbocycles. The second-order valence-corrected chi connectivity index (χ2v) is 5.28. The molecule has 3 rings (SSSR count). The van der Waals surface area contributed by atoms with Gasteiger partial charge in [0.1, 0.15) is 0 Å². The van der Waals surface area contributed by atoms with Gasteiger partial charge >= 0.3 is 0 Å². The van der Waals surface area contributed by atoms with Gasteiger partial charge in [-0.2, -0.15) is 0 Å². The van der Waals surface area contributed by atoms with Crippen LogP contribution < -0.4 is 0 Å². The summed E-state index contributed by atoms with van der Waals surface area (Å²) in [6, 6.07) is 7.74. The summed E-state index contributed by atoms with van der Waals surface area (Å²) in [4.78, 5) is 12.6. The third-order valence-electron chi connectivity index (χ3n) is 4.11. The molecule has 0 amide bonds. The van der Waals surface area contributed by atoms with Gasteiger partial charge in [-0.15, -0.1) is 0 Å². The number of ether oxygens (including phenoxy) is 1. The van der Waals surface area contributed by atoms with Crippen molar-refractivity contribution in [2.45, 2.75) is 37.9 Å².